The maximum atomic E-state index is 6.25. The molecule has 3 rings (SSSR count). The van der Waals surface area contributed by atoms with E-state index in [1.54, 1.807) is 11.0 Å². The van der Waals surface area contributed by atoms with Gasteiger partial charge in [-0.3, -0.25) is 4.68 Å². The molecule has 1 aromatic heterocycles. The second-order valence-corrected chi connectivity index (χ2v) is 7.28. The summed E-state index contributed by atoms with van der Waals surface area (Å²) >= 11 is 6.25. The minimum Gasteiger partial charge on any atom is -0.357 e. The number of hydrogen-bond acceptors (Lipinski definition) is 3. The summed E-state index contributed by atoms with van der Waals surface area (Å²) in [5, 5.41) is 11.8. The summed E-state index contributed by atoms with van der Waals surface area (Å²) < 4.78 is 1.75. The number of benzene rings is 1. The Balaban J connectivity index is 0.00000261. The van der Waals surface area contributed by atoms with Crippen LogP contribution < -0.4 is 10.6 Å². The van der Waals surface area contributed by atoms with Crippen molar-refractivity contribution in [2.75, 3.05) is 13.1 Å². The number of nitrogens with zero attached hydrogens (tertiary/aromatic N) is 4. The standard InChI is InChI=1S/C19H27ClN6.HI/c1-3-21-18(22-12-17-24-14-25-26(17)2)23-13-19(9-4-5-10-19)15-7-6-8-16(20)11-15;/h6-8,11,14H,3-5,9-10,12-13H2,1-2H3,(H2,21,22,23);1H. The molecule has 1 aliphatic rings. The average molecular weight is 503 g/mol. The maximum Gasteiger partial charge on any atom is 0.191 e. The number of aryl methyl sites for hydroxylation is 1. The summed E-state index contributed by atoms with van der Waals surface area (Å²) in [6.07, 6.45) is 6.39. The molecule has 8 heteroatoms. The number of aliphatic imine (C=N–C) groups is 1. The Morgan fingerprint density at radius 3 is 2.70 bits per heavy atom. The van der Waals surface area contributed by atoms with Gasteiger partial charge in [0.05, 0.1) is 0 Å². The summed E-state index contributed by atoms with van der Waals surface area (Å²) in [7, 11) is 1.88. The Kier molecular flexibility index (Phi) is 8.34. The van der Waals surface area contributed by atoms with Crippen LogP contribution in [0.15, 0.2) is 35.6 Å². The Hall–Kier alpha value is -1.35. The van der Waals surface area contributed by atoms with E-state index in [4.69, 9.17) is 11.6 Å². The second kappa shape index (κ2) is 10.3. The Labute approximate surface area is 183 Å². The van der Waals surface area contributed by atoms with E-state index in [0.717, 1.165) is 29.9 Å². The fourth-order valence-corrected chi connectivity index (χ4v) is 3.84. The number of halogens is 2. The molecule has 1 heterocycles. The predicted molar refractivity (Wildman–Crippen MR) is 121 cm³/mol. The number of hydrogen-bond donors (Lipinski definition) is 2. The van der Waals surface area contributed by atoms with E-state index in [1.165, 1.54) is 31.2 Å². The second-order valence-electron chi connectivity index (χ2n) is 6.85. The summed E-state index contributed by atoms with van der Waals surface area (Å²) in [4.78, 5) is 8.90. The van der Waals surface area contributed by atoms with Gasteiger partial charge in [0.25, 0.3) is 0 Å². The smallest absolute Gasteiger partial charge is 0.191 e. The van der Waals surface area contributed by atoms with Crippen LogP contribution in [0.5, 0.6) is 0 Å². The van der Waals surface area contributed by atoms with Gasteiger partial charge in [0.15, 0.2) is 5.96 Å². The van der Waals surface area contributed by atoms with Crippen molar-refractivity contribution in [1.82, 2.24) is 25.4 Å². The van der Waals surface area contributed by atoms with Crippen molar-refractivity contribution in [3.63, 3.8) is 0 Å². The van der Waals surface area contributed by atoms with Crippen molar-refractivity contribution in [2.45, 2.75) is 44.6 Å². The van der Waals surface area contributed by atoms with Crippen LogP contribution in [0.4, 0.5) is 0 Å². The lowest BCUT2D eigenvalue weighted by molar-refractivity contribution is 0.431. The summed E-state index contributed by atoms with van der Waals surface area (Å²) in [6, 6.07) is 8.29. The molecule has 1 aromatic carbocycles. The lowest BCUT2D eigenvalue weighted by Gasteiger charge is -2.31. The Bertz CT molecular complexity index is 754. The highest BCUT2D eigenvalue weighted by Gasteiger charge is 2.35. The predicted octanol–water partition coefficient (Wildman–Crippen LogP) is 3.65. The van der Waals surface area contributed by atoms with Gasteiger partial charge in [0.1, 0.15) is 18.7 Å². The molecule has 0 amide bonds. The number of rotatable bonds is 6. The first-order chi connectivity index (χ1) is 12.6. The van der Waals surface area contributed by atoms with Gasteiger partial charge < -0.3 is 10.6 Å². The topological polar surface area (TPSA) is 67.1 Å². The zero-order valence-electron chi connectivity index (χ0n) is 15.9. The van der Waals surface area contributed by atoms with Gasteiger partial charge in [-0.15, -0.1) is 24.0 Å². The molecule has 0 bridgehead atoms. The van der Waals surface area contributed by atoms with E-state index in [2.05, 4.69) is 44.8 Å². The normalized spacial score (nSPS) is 16.0. The van der Waals surface area contributed by atoms with E-state index in [-0.39, 0.29) is 29.4 Å². The molecule has 2 aromatic rings. The third-order valence-corrected chi connectivity index (χ3v) is 5.35. The minimum absolute atomic E-state index is 0. The van der Waals surface area contributed by atoms with E-state index in [0.29, 0.717) is 6.54 Å². The molecule has 6 nitrogen and oxygen atoms in total. The maximum absolute atomic E-state index is 6.25. The number of guanidine groups is 1. The Morgan fingerprint density at radius 2 is 2.07 bits per heavy atom. The number of aromatic nitrogens is 3. The summed E-state index contributed by atoms with van der Waals surface area (Å²) in [6.45, 7) is 4.23. The van der Waals surface area contributed by atoms with Crippen LogP contribution in [0, 0.1) is 0 Å². The zero-order valence-corrected chi connectivity index (χ0v) is 19.0. The van der Waals surface area contributed by atoms with Gasteiger partial charge in [-0.25, -0.2) is 9.98 Å². The van der Waals surface area contributed by atoms with Gasteiger partial charge in [0.2, 0.25) is 0 Å². The van der Waals surface area contributed by atoms with E-state index < -0.39 is 0 Å². The van der Waals surface area contributed by atoms with Crippen molar-refractivity contribution < 1.29 is 0 Å². The fourth-order valence-electron chi connectivity index (χ4n) is 3.65. The monoisotopic (exact) mass is 502 g/mol. The van der Waals surface area contributed by atoms with Gasteiger partial charge in [0, 0.05) is 30.6 Å². The summed E-state index contributed by atoms with van der Waals surface area (Å²) in [5.41, 5.74) is 1.44. The molecule has 0 atom stereocenters. The van der Waals surface area contributed by atoms with Gasteiger partial charge in [-0.1, -0.05) is 36.6 Å². The lowest BCUT2D eigenvalue weighted by atomic mass is 9.79. The van der Waals surface area contributed by atoms with Crippen LogP contribution in [0.2, 0.25) is 5.02 Å². The van der Waals surface area contributed by atoms with E-state index in [9.17, 15) is 0 Å². The van der Waals surface area contributed by atoms with Crippen LogP contribution in [-0.4, -0.2) is 33.8 Å². The van der Waals surface area contributed by atoms with Crippen LogP contribution in [0.1, 0.15) is 44.0 Å². The molecule has 1 fully saturated rings. The molecular weight excluding hydrogens is 475 g/mol. The van der Waals surface area contributed by atoms with Gasteiger partial charge in [-0.2, -0.15) is 5.10 Å². The minimum atomic E-state index is 0. The first-order valence-corrected chi connectivity index (χ1v) is 9.62. The SMILES string of the molecule is CCNC(=NCc1ncnn1C)NCC1(c2cccc(Cl)c2)CCCC1.I. The van der Waals surface area contributed by atoms with E-state index in [1.807, 2.05) is 19.2 Å². The lowest BCUT2D eigenvalue weighted by Crippen LogP contribution is -2.44. The van der Waals surface area contributed by atoms with Crippen molar-refractivity contribution in [3.8, 4) is 0 Å². The van der Waals surface area contributed by atoms with Crippen LogP contribution in [0.25, 0.3) is 0 Å². The van der Waals surface area contributed by atoms with Crippen molar-refractivity contribution >= 4 is 41.5 Å². The third kappa shape index (κ3) is 5.57. The molecule has 0 unspecified atom stereocenters. The fraction of sp³-hybridized carbons (Fsp3) is 0.526. The molecule has 0 spiro atoms. The van der Waals surface area contributed by atoms with Crippen LogP contribution in [0.3, 0.4) is 0 Å². The molecule has 0 saturated heterocycles. The van der Waals surface area contributed by atoms with Crippen molar-refractivity contribution in [2.24, 2.45) is 12.0 Å². The highest BCUT2D eigenvalue weighted by molar-refractivity contribution is 14.0. The summed E-state index contributed by atoms with van der Waals surface area (Å²) in [5.74, 6) is 1.65. The first kappa shape index (κ1) is 21.9. The van der Waals surface area contributed by atoms with Gasteiger partial charge >= 0.3 is 0 Å². The molecular formula is C19H28ClIN6. The molecule has 1 saturated carbocycles. The molecule has 0 radical (unpaired) electrons. The first-order valence-electron chi connectivity index (χ1n) is 9.24. The molecule has 0 aliphatic heterocycles. The van der Waals surface area contributed by atoms with E-state index >= 15 is 0 Å². The molecule has 1 aliphatic carbocycles. The quantitative estimate of drug-likeness (QED) is 0.359. The van der Waals surface area contributed by atoms with Crippen LogP contribution >= 0.6 is 35.6 Å². The number of nitrogens with one attached hydrogen (secondary N) is 2. The van der Waals surface area contributed by atoms with Crippen molar-refractivity contribution in [3.05, 3.63) is 47.0 Å². The third-order valence-electron chi connectivity index (χ3n) is 5.12. The van der Waals surface area contributed by atoms with Gasteiger partial charge in [-0.05, 0) is 37.5 Å². The average Bonchev–Trinajstić information content (AvgIpc) is 3.27. The van der Waals surface area contributed by atoms with Crippen molar-refractivity contribution in [1.29, 1.82) is 0 Å². The molecule has 2 N–H and O–H groups in total. The molecule has 27 heavy (non-hydrogen) atoms. The highest BCUT2D eigenvalue weighted by Crippen LogP contribution is 2.41. The zero-order chi connectivity index (χ0) is 18.4. The largest absolute Gasteiger partial charge is 0.357 e. The van der Waals surface area contributed by atoms with Crippen LogP contribution in [-0.2, 0) is 19.0 Å². The molecule has 148 valence electrons. The Morgan fingerprint density at radius 1 is 1.30 bits per heavy atom. The highest BCUT2D eigenvalue weighted by atomic mass is 127.